The van der Waals surface area contributed by atoms with Crippen molar-refractivity contribution < 1.29 is 18.7 Å². The van der Waals surface area contributed by atoms with E-state index in [9.17, 15) is 9.59 Å². The van der Waals surface area contributed by atoms with E-state index >= 15 is 4.39 Å². The Morgan fingerprint density at radius 3 is 2.49 bits per heavy atom. The number of nitrogens with one attached hydrogen (secondary N) is 1. The third-order valence-electron chi connectivity index (χ3n) is 6.75. The molecule has 2 amide bonds. The molecule has 2 aliphatic rings. The van der Waals surface area contributed by atoms with Crippen LogP contribution in [0.25, 0.3) is 10.4 Å². The summed E-state index contributed by atoms with van der Waals surface area (Å²) in [5.41, 5.74) is 1.93. The maximum atomic E-state index is 15.1. The first-order chi connectivity index (χ1) is 16.5. The number of halogens is 1. The fourth-order valence-electron chi connectivity index (χ4n) is 4.85. The maximum Gasteiger partial charge on any atom is 0.407 e. The van der Waals surface area contributed by atoms with Gasteiger partial charge in [-0.05, 0) is 102 Å². The standard InChI is InChI=1S/C27H36FN3O3S/c1-17-14-23(19-6-7-21(22(28)15-19)18-8-11-30(5)12-9-18)35-24(17)25(32)31-13-10-20(16-31)29-26(33)34-27(2,3)4/h6-7,14-15,18,20H,8-13,16H2,1-5H3,(H,29,33)/t20-/m0/s1. The van der Waals surface area contributed by atoms with Gasteiger partial charge in [-0.15, -0.1) is 11.3 Å². The van der Waals surface area contributed by atoms with E-state index in [0.29, 0.717) is 24.4 Å². The van der Waals surface area contributed by atoms with Gasteiger partial charge >= 0.3 is 6.09 Å². The number of rotatable bonds is 4. The second-order valence-corrected chi connectivity index (χ2v) is 11.9. The number of ether oxygens (including phenoxy) is 1. The van der Waals surface area contributed by atoms with Crippen LogP contribution in [0.3, 0.4) is 0 Å². The van der Waals surface area contributed by atoms with Crippen molar-refractivity contribution in [2.45, 2.75) is 64.5 Å². The number of thiophene rings is 1. The van der Waals surface area contributed by atoms with E-state index in [2.05, 4.69) is 17.3 Å². The molecule has 3 heterocycles. The second-order valence-electron chi connectivity index (χ2n) is 10.8. The van der Waals surface area contributed by atoms with Gasteiger partial charge in [0.2, 0.25) is 0 Å². The summed E-state index contributed by atoms with van der Waals surface area (Å²) in [7, 11) is 2.10. The third kappa shape index (κ3) is 6.22. The van der Waals surface area contributed by atoms with Crippen LogP contribution in [-0.2, 0) is 4.74 Å². The molecule has 35 heavy (non-hydrogen) atoms. The smallest absolute Gasteiger partial charge is 0.407 e. The molecule has 2 aromatic rings. The van der Waals surface area contributed by atoms with Crippen LogP contribution in [0.4, 0.5) is 9.18 Å². The summed E-state index contributed by atoms with van der Waals surface area (Å²) in [4.78, 5) is 30.9. The Hall–Kier alpha value is -2.45. The van der Waals surface area contributed by atoms with E-state index in [4.69, 9.17) is 4.74 Å². The molecule has 0 spiro atoms. The first kappa shape index (κ1) is 25.6. The summed E-state index contributed by atoms with van der Waals surface area (Å²) < 4.78 is 20.4. The average Bonchev–Trinajstić information content (AvgIpc) is 3.39. The van der Waals surface area contributed by atoms with Crippen LogP contribution in [0, 0.1) is 12.7 Å². The number of carbonyl (C=O) groups is 2. The quantitative estimate of drug-likeness (QED) is 0.609. The minimum absolute atomic E-state index is 0.0457. The lowest BCUT2D eigenvalue weighted by Gasteiger charge is -2.29. The van der Waals surface area contributed by atoms with Gasteiger partial charge in [-0.25, -0.2) is 9.18 Å². The number of hydrogen-bond donors (Lipinski definition) is 1. The summed E-state index contributed by atoms with van der Waals surface area (Å²) in [6.07, 6.45) is 2.18. The van der Waals surface area contributed by atoms with Crippen molar-refractivity contribution >= 4 is 23.3 Å². The number of piperidine rings is 1. The zero-order valence-electron chi connectivity index (χ0n) is 21.3. The van der Waals surface area contributed by atoms with Crippen LogP contribution >= 0.6 is 11.3 Å². The van der Waals surface area contributed by atoms with E-state index in [-0.39, 0.29) is 23.7 Å². The number of carbonyl (C=O) groups excluding carboxylic acids is 2. The molecule has 1 atom stereocenters. The lowest BCUT2D eigenvalue weighted by Crippen LogP contribution is -2.41. The van der Waals surface area contributed by atoms with Crippen LogP contribution in [0.5, 0.6) is 0 Å². The average molecular weight is 502 g/mol. The Labute approximate surface area is 211 Å². The number of amides is 2. The molecule has 2 aliphatic heterocycles. The molecular formula is C27H36FN3O3S. The first-order valence-corrected chi connectivity index (χ1v) is 13.2. The summed E-state index contributed by atoms with van der Waals surface area (Å²) in [6, 6.07) is 7.35. The highest BCUT2D eigenvalue weighted by atomic mass is 32.1. The Kier molecular flexibility index (Phi) is 7.52. The van der Waals surface area contributed by atoms with Crippen molar-refractivity contribution in [3.8, 4) is 10.4 Å². The minimum atomic E-state index is -0.562. The van der Waals surface area contributed by atoms with E-state index < -0.39 is 11.7 Å². The zero-order chi connectivity index (χ0) is 25.3. The normalized spacial score (nSPS) is 19.7. The van der Waals surface area contributed by atoms with Crippen LogP contribution in [0.1, 0.15) is 66.8 Å². The molecule has 1 aromatic carbocycles. The van der Waals surface area contributed by atoms with E-state index in [1.165, 1.54) is 11.3 Å². The Morgan fingerprint density at radius 2 is 1.83 bits per heavy atom. The fourth-order valence-corrected chi connectivity index (χ4v) is 5.98. The lowest BCUT2D eigenvalue weighted by atomic mass is 9.88. The topological polar surface area (TPSA) is 61.9 Å². The molecule has 0 bridgehead atoms. The molecule has 8 heteroatoms. The van der Waals surface area contributed by atoms with Crippen molar-refractivity contribution in [1.29, 1.82) is 0 Å². The largest absolute Gasteiger partial charge is 0.444 e. The Bertz CT molecular complexity index is 1090. The lowest BCUT2D eigenvalue weighted by molar-refractivity contribution is 0.0502. The van der Waals surface area contributed by atoms with Gasteiger partial charge in [0.1, 0.15) is 11.4 Å². The van der Waals surface area contributed by atoms with Crippen LogP contribution in [0.15, 0.2) is 24.3 Å². The molecule has 190 valence electrons. The third-order valence-corrected chi connectivity index (χ3v) is 8.03. The highest BCUT2D eigenvalue weighted by Crippen LogP contribution is 2.36. The van der Waals surface area contributed by atoms with Crippen molar-refractivity contribution in [2.75, 3.05) is 33.2 Å². The first-order valence-electron chi connectivity index (χ1n) is 12.4. The van der Waals surface area contributed by atoms with Gasteiger partial charge in [0.25, 0.3) is 5.91 Å². The monoisotopic (exact) mass is 501 g/mol. The number of alkyl carbamates (subject to hydrolysis) is 1. The molecular weight excluding hydrogens is 465 g/mol. The molecule has 0 saturated carbocycles. The molecule has 0 unspecified atom stereocenters. The van der Waals surface area contributed by atoms with Crippen LogP contribution in [-0.4, -0.2) is 66.7 Å². The number of hydrogen-bond acceptors (Lipinski definition) is 5. The number of aryl methyl sites for hydroxylation is 1. The molecule has 0 radical (unpaired) electrons. The highest BCUT2D eigenvalue weighted by molar-refractivity contribution is 7.17. The molecule has 2 fully saturated rings. The van der Waals surface area contributed by atoms with E-state index in [1.54, 1.807) is 11.0 Å². The van der Waals surface area contributed by atoms with Crippen LogP contribution in [0.2, 0.25) is 0 Å². The van der Waals surface area contributed by atoms with E-state index in [0.717, 1.165) is 47.5 Å². The zero-order valence-corrected chi connectivity index (χ0v) is 22.1. The molecule has 2 saturated heterocycles. The van der Waals surface area contributed by atoms with Gasteiger partial charge in [-0.1, -0.05) is 12.1 Å². The van der Waals surface area contributed by atoms with E-state index in [1.807, 2.05) is 45.9 Å². The summed E-state index contributed by atoms with van der Waals surface area (Å²) in [5, 5.41) is 2.86. The van der Waals surface area contributed by atoms with Gasteiger partial charge in [0.15, 0.2) is 0 Å². The minimum Gasteiger partial charge on any atom is -0.444 e. The number of nitrogens with zero attached hydrogens (tertiary/aromatic N) is 2. The number of benzene rings is 1. The van der Waals surface area contributed by atoms with Gasteiger partial charge in [-0.2, -0.15) is 0 Å². The summed E-state index contributed by atoms with van der Waals surface area (Å²) in [5.74, 6) is 0.0575. The summed E-state index contributed by atoms with van der Waals surface area (Å²) in [6.45, 7) is 10.4. The Balaban J connectivity index is 1.42. The van der Waals surface area contributed by atoms with Gasteiger partial charge in [0.05, 0.1) is 10.9 Å². The predicted molar refractivity (Wildman–Crippen MR) is 138 cm³/mol. The van der Waals surface area contributed by atoms with Crippen LogP contribution < -0.4 is 5.32 Å². The molecule has 6 nitrogen and oxygen atoms in total. The summed E-state index contributed by atoms with van der Waals surface area (Å²) >= 11 is 1.40. The second kappa shape index (κ2) is 10.3. The maximum absolute atomic E-state index is 15.1. The molecule has 1 N–H and O–H groups in total. The Morgan fingerprint density at radius 1 is 1.11 bits per heavy atom. The van der Waals surface area contributed by atoms with Crippen molar-refractivity contribution in [3.63, 3.8) is 0 Å². The van der Waals surface area contributed by atoms with Gasteiger partial charge in [-0.3, -0.25) is 4.79 Å². The van der Waals surface area contributed by atoms with Crippen molar-refractivity contribution in [3.05, 3.63) is 46.1 Å². The fraction of sp³-hybridized carbons (Fsp3) is 0.556. The van der Waals surface area contributed by atoms with Gasteiger partial charge in [0, 0.05) is 18.0 Å². The molecule has 0 aliphatic carbocycles. The van der Waals surface area contributed by atoms with Crippen molar-refractivity contribution in [2.24, 2.45) is 0 Å². The van der Waals surface area contributed by atoms with Crippen molar-refractivity contribution in [1.82, 2.24) is 15.1 Å². The highest BCUT2D eigenvalue weighted by Gasteiger charge is 2.31. The number of likely N-dealkylation sites (tertiary alicyclic amines) is 2. The molecule has 1 aromatic heterocycles. The molecule has 4 rings (SSSR count). The predicted octanol–water partition coefficient (Wildman–Crippen LogP) is 5.41. The van der Waals surface area contributed by atoms with Gasteiger partial charge < -0.3 is 19.9 Å². The SMILES string of the molecule is Cc1cc(-c2ccc(C3CCN(C)CC3)c(F)c2)sc1C(=O)N1CC[C@H](NC(=O)OC(C)(C)C)C1.